The number of hydrogen-bond acceptors (Lipinski definition) is 1. The Morgan fingerprint density at radius 3 is 2.00 bits per heavy atom. The summed E-state index contributed by atoms with van der Waals surface area (Å²) in [5.41, 5.74) is 0. The number of nitrogens with one attached hydrogen (secondary N) is 1. The van der Waals surface area contributed by atoms with Gasteiger partial charge in [0.1, 0.15) is 4.32 Å². The molecule has 0 heterocycles. The molecule has 0 aromatic heterocycles. The second-order valence-corrected chi connectivity index (χ2v) is 1.71. The van der Waals surface area contributed by atoms with Crippen molar-refractivity contribution < 1.29 is 29.6 Å². The number of rotatable bonds is 0. The zero-order valence-electron chi connectivity index (χ0n) is 3.86. The first kappa shape index (κ1) is 10.3. The third-order valence-electron chi connectivity index (χ3n) is 0.214. The normalized spacial score (nSPS) is 5.67. The molecular formula is C2H5NNaS2+. The molecule has 0 atom stereocenters. The van der Waals surface area contributed by atoms with Crippen molar-refractivity contribution in [2.75, 3.05) is 7.05 Å². The van der Waals surface area contributed by atoms with E-state index in [4.69, 9.17) is 0 Å². The van der Waals surface area contributed by atoms with Gasteiger partial charge in [0.25, 0.3) is 0 Å². The molecule has 0 aliphatic heterocycles. The summed E-state index contributed by atoms with van der Waals surface area (Å²) < 4.78 is 0.532. The summed E-state index contributed by atoms with van der Waals surface area (Å²) in [5.74, 6) is 0. The van der Waals surface area contributed by atoms with E-state index in [9.17, 15) is 0 Å². The van der Waals surface area contributed by atoms with Crippen LogP contribution in [0.4, 0.5) is 0 Å². The zero-order valence-corrected chi connectivity index (χ0v) is 7.57. The molecule has 0 rings (SSSR count). The third-order valence-corrected chi connectivity index (χ3v) is 0.642. The van der Waals surface area contributed by atoms with Crippen molar-refractivity contribution in [3.05, 3.63) is 0 Å². The Morgan fingerprint density at radius 2 is 2.00 bits per heavy atom. The average molecular weight is 130 g/mol. The molecule has 0 aliphatic carbocycles. The predicted octanol–water partition coefficient (Wildman–Crippen LogP) is -2.58. The van der Waals surface area contributed by atoms with E-state index >= 15 is 0 Å². The van der Waals surface area contributed by atoms with Crippen LogP contribution in [0.1, 0.15) is 0 Å². The van der Waals surface area contributed by atoms with E-state index in [0.29, 0.717) is 4.32 Å². The number of thiol groups is 1. The Labute approximate surface area is 70.6 Å². The molecule has 1 N–H and O–H groups in total. The molecule has 30 valence electrons. The summed E-state index contributed by atoms with van der Waals surface area (Å²) >= 11 is 8.17. The predicted molar refractivity (Wildman–Crippen MR) is 30.6 cm³/mol. The molecule has 0 aromatic carbocycles. The molecule has 0 unspecified atom stereocenters. The van der Waals surface area contributed by atoms with Gasteiger partial charge in [-0.3, -0.25) is 0 Å². The van der Waals surface area contributed by atoms with Gasteiger partial charge < -0.3 is 5.32 Å². The minimum Gasteiger partial charge on any atom is -0.374 e. The van der Waals surface area contributed by atoms with Crippen molar-refractivity contribution in [3.8, 4) is 0 Å². The van der Waals surface area contributed by atoms with E-state index in [1.54, 1.807) is 7.05 Å². The first-order valence-electron chi connectivity index (χ1n) is 1.18. The SMILES string of the molecule is CNC(=S)S.[Na+]. The van der Waals surface area contributed by atoms with Crippen LogP contribution in [0, 0.1) is 0 Å². The van der Waals surface area contributed by atoms with Gasteiger partial charge in [-0.25, -0.2) is 0 Å². The maximum absolute atomic E-state index is 4.45. The quantitative estimate of drug-likeness (QED) is 0.212. The van der Waals surface area contributed by atoms with Gasteiger partial charge in [0.2, 0.25) is 0 Å². The van der Waals surface area contributed by atoms with Crippen LogP contribution in [0.3, 0.4) is 0 Å². The number of hydrogen-bond donors (Lipinski definition) is 2. The van der Waals surface area contributed by atoms with E-state index in [1.807, 2.05) is 0 Å². The molecule has 0 saturated carbocycles. The summed E-state index contributed by atoms with van der Waals surface area (Å²) in [7, 11) is 1.73. The van der Waals surface area contributed by atoms with E-state index in [-0.39, 0.29) is 29.6 Å². The molecule has 0 fully saturated rings. The van der Waals surface area contributed by atoms with E-state index in [1.165, 1.54) is 0 Å². The minimum absolute atomic E-state index is 0. The smallest absolute Gasteiger partial charge is 0.374 e. The molecule has 6 heavy (non-hydrogen) atoms. The molecule has 1 nitrogen and oxygen atoms in total. The van der Waals surface area contributed by atoms with Gasteiger partial charge >= 0.3 is 29.6 Å². The molecule has 0 spiro atoms. The maximum atomic E-state index is 4.45. The summed E-state index contributed by atoms with van der Waals surface area (Å²) in [6.45, 7) is 0. The van der Waals surface area contributed by atoms with Crippen molar-refractivity contribution in [3.63, 3.8) is 0 Å². The first-order chi connectivity index (χ1) is 2.27. The average Bonchev–Trinajstić information content (AvgIpc) is 1.38. The molecule has 0 amide bonds. The second kappa shape index (κ2) is 6.24. The van der Waals surface area contributed by atoms with Crippen molar-refractivity contribution in [1.29, 1.82) is 0 Å². The van der Waals surface area contributed by atoms with Gasteiger partial charge in [0.05, 0.1) is 0 Å². The first-order valence-corrected chi connectivity index (χ1v) is 2.03. The van der Waals surface area contributed by atoms with Crippen molar-refractivity contribution >= 4 is 29.2 Å². The van der Waals surface area contributed by atoms with E-state index in [2.05, 4.69) is 30.2 Å². The van der Waals surface area contributed by atoms with Crippen molar-refractivity contribution in [2.45, 2.75) is 0 Å². The van der Waals surface area contributed by atoms with Gasteiger partial charge in [-0.2, -0.15) is 0 Å². The Morgan fingerprint density at radius 1 is 1.83 bits per heavy atom. The minimum atomic E-state index is 0. The molecule has 0 saturated heterocycles. The molecule has 0 radical (unpaired) electrons. The van der Waals surface area contributed by atoms with Crippen LogP contribution in [-0.2, 0) is 0 Å². The van der Waals surface area contributed by atoms with Gasteiger partial charge in [-0.15, -0.1) is 12.6 Å². The number of thiocarbonyl (C=S) groups is 1. The monoisotopic (exact) mass is 130 g/mol. The summed E-state index contributed by atoms with van der Waals surface area (Å²) in [6, 6.07) is 0. The van der Waals surface area contributed by atoms with Crippen LogP contribution in [-0.4, -0.2) is 11.4 Å². The zero-order chi connectivity index (χ0) is 4.28. The summed E-state index contributed by atoms with van der Waals surface area (Å²) in [4.78, 5) is 0. The standard InChI is InChI=1S/C2H5NS2.Na/c1-3-2(4)5;/h1H3,(H2,3,4,5);/q;+1. The van der Waals surface area contributed by atoms with Crippen LogP contribution in [0.2, 0.25) is 0 Å². The molecule has 4 heteroatoms. The van der Waals surface area contributed by atoms with E-state index < -0.39 is 0 Å². The van der Waals surface area contributed by atoms with Crippen LogP contribution in [0.25, 0.3) is 0 Å². The van der Waals surface area contributed by atoms with Gasteiger partial charge in [-0.05, 0) is 0 Å². The molecule has 0 aliphatic rings. The van der Waals surface area contributed by atoms with Crippen LogP contribution in [0.15, 0.2) is 0 Å². The molecule has 0 bridgehead atoms. The van der Waals surface area contributed by atoms with Crippen molar-refractivity contribution in [1.82, 2.24) is 5.32 Å². The fourth-order valence-electron chi connectivity index (χ4n) is 0. The molecular weight excluding hydrogens is 125 g/mol. The third kappa shape index (κ3) is 8.97. The molecule has 0 aromatic rings. The fraction of sp³-hybridized carbons (Fsp3) is 0.500. The van der Waals surface area contributed by atoms with Gasteiger partial charge in [-0.1, -0.05) is 12.2 Å². The maximum Gasteiger partial charge on any atom is 1.00 e. The van der Waals surface area contributed by atoms with Crippen LogP contribution in [0.5, 0.6) is 0 Å². The topological polar surface area (TPSA) is 12.0 Å². The summed E-state index contributed by atoms with van der Waals surface area (Å²) in [5, 5.41) is 2.62. The van der Waals surface area contributed by atoms with Crippen molar-refractivity contribution in [2.24, 2.45) is 0 Å². The Bertz CT molecular complexity index is 46.8. The van der Waals surface area contributed by atoms with E-state index in [0.717, 1.165) is 0 Å². The van der Waals surface area contributed by atoms with Gasteiger partial charge in [0, 0.05) is 7.05 Å². The Balaban J connectivity index is 0. The Hall–Kier alpha value is 1.24. The summed E-state index contributed by atoms with van der Waals surface area (Å²) in [6.07, 6.45) is 0. The van der Waals surface area contributed by atoms with Gasteiger partial charge in [0.15, 0.2) is 0 Å². The second-order valence-electron chi connectivity index (χ2n) is 0.555. The Kier molecular flexibility index (Phi) is 10.7. The van der Waals surface area contributed by atoms with Crippen LogP contribution >= 0.6 is 24.8 Å². The largest absolute Gasteiger partial charge is 1.00 e. The fourth-order valence-corrected chi connectivity index (χ4v) is 0. The van der Waals surface area contributed by atoms with Crippen LogP contribution < -0.4 is 34.9 Å².